The second-order valence-electron chi connectivity index (χ2n) is 5.59. The van der Waals surface area contributed by atoms with Crippen LogP contribution in [0.25, 0.3) is 11.4 Å². The molecule has 0 unspecified atom stereocenters. The van der Waals surface area contributed by atoms with Crippen molar-refractivity contribution in [3.8, 4) is 11.4 Å². The van der Waals surface area contributed by atoms with E-state index < -0.39 is 10.0 Å². The number of halogens is 1. The summed E-state index contributed by atoms with van der Waals surface area (Å²) >= 11 is 6.10. The first-order valence-electron chi connectivity index (χ1n) is 7.51. The molecule has 0 atom stereocenters. The first-order valence-corrected chi connectivity index (χ1v) is 9.37. The van der Waals surface area contributed by atoms with Crippen molar-refractivity contribution in [2.24, 2.45) is 0 Å². The minimum Gasteiger partial charge on any atom is -0.338 e. The van der Waals surface area contributed by atoms with Gasteiger partial charge in [-0.2, -0.15) is 4.98 Å². The molecule has 0 aliphatic carbocycles. The van der Waals surface area contributed by atoms with Crippen molar-refractivity contribution in [1.29, 1.82) is 0 Å². The topological polar surface area (TPSA) is 85.1 Å². The second-order valence-corrected chi connectivity index (χ2v) is 7.73. The number of rotatable bonds is 5. The smallest absolute Gasteiger partial charge is 0.242 e. The Hall–Kier alpha value is -2.22. The summed E-state index contributed by atoms with van der Waals surface area (Å²) in [5, 5.41) is 4.34. The van der Waals surface area contributed by atoms with E-state index in [9.17, 15) is 8.42 Å². The summed E-state index contributed by atoms with van der Waals surface area (Å²) in [5.41, 5.74) is 2.15. The minimum absolute atomic E-state index is 0.104. The van der Waals surface area contributed by atoms with E-state index in [1.807, 2.05) is 13.0 Å². The lowest BCUT2D eigenvalue weighted by Gasteiger charge is -2.08. The SMILES string of the molecule is Cc1ccc(C)c(S(=O)(=O)NCc2nc(-c3ccccc3Cl)no2)c1. The molecule has 25 heavy (non-hydrogen) atoms. The third-order valence-corrected chi connectivity index (χ3v) is 5.50. The summed E-state index contributed by atoms with van der Waals surface area (Å²) in [4.78, 5) is 4.42. The van der Waals surface area contributed by atoms with Crippen LogP contribution in [-0.2, 0) is 16.6 Å². The number of hydrogen-bond donors (Lipinski definition) is 1. The Bertz CT molecular complexity index is 1020. The van der Waals surface area contributed by atoms with Gasteiger partial charge in [-0.25, -0.2) is 13.1 Å². The van der Waals surface area contributed by atoms with Gasteiger partial charge in [0.1, 0.15) is 0 Å². The summed E-state index contributed by atoms with van der Waals surface area (Å²) in [6, 6.07) is 12.3. The zero-order valence-corrected chi connectivity index (χ0v) is 15.2. The molecule has 0 saturated carbocycles. The number of benzene rings is 2. The monoisotopic (exact) mass is 377 g/mol. The largest absolute Gasteiger partial charge is 0.338 e. The third kappa shape index (κ3) is 3.89. The third-order valence-electron chi connectivity index (χ3n) is 3.63. The Morgan fingerprint density at radius 3 is 2.68 bits per heavy atom. The minimum atomic E-state index is -3.68. The van der Waals surface area contributed by atoms with Gasteiger partial charge >= 0.3 is 0 Å². The van der Waals surface area contributed by atoms with E-state index in [4.69, 9.17) is 16.1 Å². The molecule has 8 heteroatoms. The van der Waals surface area contributed by atoms with Gasteiger partial charge in [0.2, 0.25) is 21.7 Å². The quantitative estimate of drug-likeness (QED) is 0.735. The van der Waals surface area contributed by atoms with Gasteiger partial charge in [-0.1, -0.05) is 41.0 Å². The van der Waals surface area contributed by atoms with Gasteiger partial charge in [0.25, 0.3) is 0 Å². The summed E-state index contributed by atoms with van der Waals surface area (Å²) < 4.78 is 32.6. The Morgan fingerprint density at radius 2 is 1.92 bits per heavy atom. The number of sulfonamides is 1. The van der Waals surface area contributed by atoms with E-state index in [1.54, 1.807) is 43.3 Å². The van der Waals surface area contributed by atoms with Crippen LogP contribution >= 0.6 is 11.6 Å². The zero-order valence-electron chi connectivity index (χ0n) is 13.7. The molecule has 0 fully saturated rings. The summed E-state index contributed by atoms with van der Waals surface area (Å²) in [6.45, 7) is 3.48. The van der Waals surface area contributed by atoms with E-state index in [0.29, 0.717) is 22.0 Å². The summed E-state index contributed by atoms with van der Waals surface area (Å²) in [6.07, 6.45) is 0. The Morgan fingerprint density at radius 1 is 1.16 bits per heavy atom. The van der Waals surface area contributed by atoms with Gasteiger partial charge in [-0.05, 0) is 43.2 Å². The van der Waals surface area contributed by atoms with Gasteiger partial charge < -0.3 is 4.52 Å². The van der Waals surface area contributed by atoms with Gasteiger partial charge in [-0.3, -0.25) is 0 Å². The van der Waals surface area contributed by atoms with Crippen LogP contribution in [0.1, 0.15) is 17.0 Å². The lowest BCUT2D eigenvalue weighted by atomic mass is 10.2. The van der Waals surface area contributed by atoms with E-state index in [2.05, 4.69) is 14.9 Å². The van der Waals surface area contributed by atoms with E-state index >= 15 is 0 Å². The molecule has 6 nitrogen and oxygen atoms in total. The van der Waals surface area contributed by atoms with Crippen LogP contribution in [0.3, 0.4) is 0 Å². The molecular weight excluding hydrogens is 362 g/mol. The molecular formula is C17H16ClN3O3S. The van der Waals surface area contributed by atoms with Crippen molar-refractivity contribution < 1.29 is 12.9 Å². The average molecular weight is 378 g/mol. The molecule has 3 aromatic rings. The molecule has 1 N–H and O–H groups in total. The normalized spacial score (nSPS) is 11.6. The fourth-order valence-electron chi connectivity index (χ4n) is 2.31. The molecule has 0 aliphatic rings. The maximum absolute atomic E-state index is 12.5. The Kier molecular flexibility index (Phi) is 4.89. The Labute approximate surface area is 150 Å². The Balaban J connectivity index is 1.78. The molecule has 130 valence electrons. The predicted octanol–water partition coefficient (Wildman–Crippen LogP) is 3.49. The van der Waals surface area contributed by atoms with Crippen LogP contribution in [0.4, 0.5) is 0 Å². The summed E-state index contributed by atoms with van der Waals surface area (Å²) in [7, 11) is -3.68. The fraction of sp³-hybridized carbons (Fsp3) is 0.176. The first kappa shape index (κ1) is 17.6. The van der Waals surface area contributed by atoms with Crippen LogP contribution in [0, 0.1) is 13.8 Å². The predicted molar refractivity (Wildman–Crippen MR) is 94.7 cm³/mol. The van der Waals surface area contributed by atoms with Crippen molar-refractivity contribution in [3.05, 3.63) is 64.5 Å². The van der Waals surface area contributed by atoms with Crippen molar-refractivity contribution in [2.45, 2.75) is 25.3 Å². The maximum atomic E-state index is 12.5. The molecule has 0 amide bonds. The standard InChI is InChI=1S/C17H16ClN3O3S/c1-11-7-8-12(2)15(9-11)25(22,23)19-10-16-20-17(21-24-16)13-5-3-4-6-14(13)18/h3-9,19H,10H2,1-2H3. The molecule has 3 rings (SSSR count). The molecule has 0 aliphatic heterocycles. The van der Waals surface area contributed by atoms with Crippen LogP contribution in [0.15, 0.2) is 51.9 Å². The van der Waals surface area contributed by atoms with Crippen LogP contribution in [0.5, 0.6) is 0 Å². The highest BCUT2D eigenvalue weighted by Crippen LogP contribution is 2.25. The van der Waals surface area contributed by atoms with Crippen molar-refractivity contribution in [1.82, 2.24) is 14.9 Å². The van der Waals surface area contributed by atoms with Crippen molar-refractivity contribution >= 4 is 21.6 Å². The lowest BCUT2D eigenvalue weighted by Crippen LogP contribution is -2.24. The number of hydrogen-bond acceptors (Lipinski definition) is 5. The van der Waals surface area contributed by atoms with Crippen LogP contribution in [0.2, 0.25) is 5.02 Å². The van der Waals surface area contributed by atoms with E-state index in [1.165, 1.54) is 0 Å². The highest BCUT2D eigenvalue weighted by Gasteiger charge is 2.19. The van der Waals surface area contributed by atoms with Crippen LogP contribution < -0.4 is 4.72 Å². The molecule has 2 aromatic carbocycles. The van der Waals surface area contributed by atoms with Gasteiger partial charge in [0.05, 0.1) is 16.5 Å². The number of aryl methyl sites for hydroxylation is 2. The zero-order chi connectivity index (χ0) is 18.0. The van der Waals surface area contributed by atoms with E-state index in [-0.39, 0.29) is 17.3 Å². The highest BCUT2D eigenvalue weighted by molar-refractivity contribution is 7.89. The van der Waals surface area contributed by atoms with Gasteiger partial charge in [0, 0.05) is 5.56 Å². The molecule has 0 radical (unpaired) electrons. The number of aromatic nitrogens is 2. The maximum Gasteiger partial charge on any atom is 0.242 e. The van der Waals surface area contributed by atoms with E-state index in [0.717, 1.165) is 5.56 Å². The molecule has 1 heterocycles. The highest BCUT2D eigenvalue weighted by atomic mass is 35.5. The fourth-order valence-corrected chi connectivity index (χ4v) is 3.83. The number of nitrogens with zero attached hydrogens (tertiary/aromatic N) is 2. The molecule has 1 aromatic heterocycles. The van der Waals surface area contributed by atoms with Gasteiger partial charge in [-0.15, -0.1) is 0 Å². The molecule has 0 saturated heterocycles. The van der Waals surface area contributed by atoms with Gasteiger partial charge in [0.15, 0.2) is 0 Å². The van der Waals surface area contributed by atoms with Crippen molar-refractivity contribution in [2.75, 3.05) is 0 Å². The second kappa shape index (κ2) is 6.95. The first-order chi connectivity index (χ1) is 11.9. The van der Waals surface area contributed by atoms with Crippen LogP contribution in [-0.4, -0.2) is 18.6 Å². The molecule has 0 spiro atoms. The average Bonchev–Trinajstić information content (AvgIpc) is 3.04. The molecule has 0 bridgehead atoms. The lowest BCUT2D eigenvalue weighted by molar-refractivity contribution is 0.376. The van der Waals surface area contributed by atoms with Crippen molar-refractivity contribution in [3.63, 3.8) is 0 Å². The number of nitrogens with one attached hydrogen (secondary N) is 1. The summed E-state index contributed by atoms with van der Waals surface area (Å²) in [5.74, 6) is 0.468.